The van der Waals surface area contributed by atoms with Crippen LogP contribution in [0.15, 0.2) is 12.1 Å². The van der Waals surface area contributed by atoms with Crippen molar-refractivity contribution in [3.8, 4) is 5.75 Å². The summed E-state index contributed by atoms with van der Waals surface area (Å²) in [6, 6.07) is 4.29. The van der Waals surface area contributed by atoms with Crippen LogP contribution in [-0.2, 0) is 6.54 Å². The standard InChI is InChI=1S/C15H26N2O/c1-12-13(2)15(18-6)8-7-14(12)11-17(5)10-9-16(3)4/h7-8H,9-11H2,1-6H3/p+2. The van der Waals surface area contributed by atoms with E-state index < -0.39 is 0 Å². The van der Waals surface area contributed by atoms with Crippen molar-refractivity contribution < 1.29 is 14.5 Å². The number of methoxy groups -OCH3 is 1. The van der Waals surface area contributed by atoms with E-state index in [1.54, 1.807) is 12.0 Å². The molecular weight excluding hydrogens is 224 g/mol. The van der Waals surface area contributed by atoms with E-state index >= 15 is 0 Å². The SMILES string of the molecule is COc1ccc(C[NH+](C)CC[NH+](C)C)c(C)c1C. The molecule has 1 unspecified atom stereocenters. The third-order valence-electron chi connectivity index (χ3n) is 3.61. The Labute approximate surface area is 111 Å². The van der Waals surface area contributed by atoms with Crippen LogP contribution in [0.4, 0.5) is 0 Å². The van der Waals surface area contributed by atoms with E-state index in [1.165, 1.54) is 34.7 Å². The number of rotatable bonds is 6. The highest BCUT2D eigenvalue weighted by atomic mass is 16.5. The van der Waals surface area contributed by atoms with E-state index in [9.17, 15) is 0 Å². The van der Waals surface area contributed by atoms with Crippen molar-refractivity contribution in [3.05, 3.63) is 28.8 Å². The van der Waals surface area contributed by atoms with Crippen molar-refractivity contribution in [2.45, 2.75) is 20.4 Å². The number of nitrogens with one attached hydrogen (secondary N) is 2. The van der Waals surface area contributed by atoms with Gasteiger partial charge in [-0.25, -0.2) is 0 Å². The molecule has 0 radical (unpaired) electrons. The van der Waals surface area contributed by atoms with E-state index in [2.05, 4.69) is 47.1 Å². The van der Waals surface area contributed by atoms with Crippen LogP contribution >= 0.6 is 0 Å². The van der Waals surface area contributed by atoms with Crippen LogP contribution in [0.2, 0.25) is 0 Å². The van der Waals surface area contributed by atoms with Crippen LogP contribution < -0.4 is 14.5 Å². The van der Waals surface area contributed by atoms with Crippen LogP contribution in [0.3, 0.4) is 0 Å². The van der Waals surface area contributed by atoms with Crippen LogP contribution in [-0.4, -0.2) is 41.3 Å². The number of hydrogen-bond acceptors (Lipinski definition) is 1. The lowest BCUT2D eigenvalue weighted by Crippen LogP contribution is -3.15. The highest BCUT2D eigenvalue weighted by Gasteiger charge is 2.11. The average molecular weight is 252 g/mol. The molecule has 18 heavy (non-hydrogen) atoms. The Morgan fingerprint density at radius 1 is 1.00 bits per heavy atom. The maximum absolute atomic E-state index is 5.35. The molecule has 3 nitrogen and oxygen atoms in total. The van der Waals surface area contributed by atoms with E-state index in [1.807, 2.05) is 0 Å². The Kier molecular flexibility index (Phi) is 5.63. The van der Waals surface area contributed by atoms with Gasteiger partial charge in [0, 0.05) is 5.56 Å². The summed E-state index contributed by atoms with van der Waals surface area (Å²) in [5.74, 6) is 0.992. The third kappa shape index (κ3) is 4.00. The summed E-state index contributed by atoms with van der Waals surface area (Å²) in [4.78, 5) is 3.07. The molecule has 3 heteroatoms. The lowest BCUT2D eigenvalue weighted by molar-refractivity contribution is -0.937. The number of hydrogen-bond donors (Lipinski definition) is 2. The van der Waals surface area contributed by atoms with Crippen LogP contribution in [0, 0.1) is 13.8 Å². The van der Waals surface area contributed by atoms with Crippen molar-refractivity contribution in [1.29, 1.82) is 0 Å². The first-order valence-electron chi connectivity index (χ1n) is 6.69. The maximum Gasteiger partial charge on any atom is 0.127 e. The first-order valence-corrected chi connectivity index (χ1v) is 6.69. The van der Waals surface area contributed by atoms with E-state index in [0.29, 0.717) is 0 Å². The van der Waals surface area contributed by atoms with E-state index in [0.717, 1.165) is 12.3 Å². The molecule has 102 valence electrons. The lowest BCUT2D eigenvalue weighted by atomic mass is 10.0. The maximum atomic E-state index is 5.35. The quantitative estimate of drug-likeness (QED) is 0.697. The van der Waals surface area contributed by atoms with Crippen molar-refractivity contribution in [1.82, 2.24) is 0 Å². The predicted molar refractivity (Wildman–Crippen MR) is 75.6 cm³/mol. The zero-order chi connectivity index (χ0) is 13.7. The zero-order valence-electron chi connectivity index (χ0n) is 12.7. The minimum Gasteiger partial charge on any atom is -0.496 e. The summed E-state index contributed by atoms with van der Waals surface area (Å²) >= 11 is 0. The van der Waals surface area contributed by atoms with Gasteiger partial charge >= 0.3 is 0 Å². The first-order chi connectivity index (χ1) is 8.45. The molecule has 0 bridgehead atoms. The fourth-order valence-corrected chi connectivity index (χ4v) is 2.14. The summed E-state index contributed by atoms with van der Waals surface area (Å²) in [7, 11) is 8.41. The summed E-state index contributed by atoms with van der Waals surface area (Å²) in [6.45, 7) is 7.82. The molecule has 1 aromatic rings. The molecule has 0 aliphatic rings. The molecule has 1 aromatic carbocycles. The van der Waals surface area contributed by atoms with Gasteiger partial charge in [-0.05, 0) is 37.1 Å². The molecule has 0 amide bonds. The normalized spacial score (nSPS) is 12.8. The monoisotopic (exact) mass is 252 g/mol. The summed E-state index contributed by atoms with van der Waals surface area (Å²) in [6.07, 6.45) is 0. The van der Waals surface area contributed by atoms with Gasteiger partial charge in [-0.1, -0.05) is 0 Å². The molecule has 1 rings (SSSR count). The number of benzene rings is 1. The second-order valence-corrected chi connectivity index (χ2v) is 5.52. The second-order valence-electron chi connectivity index (χ2n) is 5.52. The van der Waals surface area contributed by atoms with Gasteiger partial charge in [0.25, 0.3) is 0 Å². The molecule has 0 aliphatic carbocycles. The van der Waals surface area contributed by atoms with Crippen molar-refractivity contribution in [3.63, 3.8) is 0 Å². The van der Waals surface area contributed by atoms with Crippen LogP contribution in [0.1, 0.15) is 16.7 Å². The Hall–Kier alpha value is -1.06. The van der Waals surface area contributed by atoms with Crippen molar-refractivity contribution in [2.24, 2.45) is 0 Å². The van der Waals surface area contributed by atoms with Gasteiger partial charge in [0.05, 0.1) is 28.3 Å². The Bertz CT molecular complexity index is 388. The molecule has 0 aliphatic heterocycles. The topological polar surface area (TPSA) is 18.1 Å². The molecule has 0 fully saturated rings. The van der Waals surface area contributed by atoms with Gasteiger partial charge in [-0.3, -0.25) is 0 Å². The fraction of sp³-hybridized carbons (Fsp3) is 0.600. The van der Waals surface area contributed by atoms with Gasteiger partial charge < -0.3 is 14.5 Å². The van der Waals surface area contributed by atoms with Crippen molar-refractivity contribution >= 4 is 0 Å². The fourth-order valence-electron chi connectivity index (χ4n) is 2.14. The van der Waals surface area contributed by atoms with Crippen LogP contribution in [0.5, 0.6) is 5.75 Å². The molecule has 0 heterocycles. The van der Waals surface area contributed by atoms with Gasteiger partial charge in [0.2, 0.25) is 0 Å². The minimum absolute atomic E-state index is 0.992. The second kappa shape index (κ2) is 6.76. The predicted octanol–water partition coefficient (Wildman–Crippen LogP) is -0.529. The Balaban J connectivity index is 2.70. The van der Waals surface area contributed by atoms with E-state index in [4.69, 9.17) is 4.74 Å². The van der Waals surface area contributed by atoms with Crippen LogP contribution in [0.25, 0.3) is 0 Å². The minimum atomic E-state index is 0.992. The lowest BCUT2D eigenvalue weighted by Gasteiger charge is -2.18. The summed E-state index contributed by atoms with van der Waals surface area (Å²) in [5, 5.41) is 0. The number of likely N-dealkylation sites (N-methyl/N-ethyl adjacent to an activating group) is 2. The Morgan fingerprint density at radius 3 is 2.22 bits per heavy atom. The Morgan fingerprint density at radius 2 is 1.67 bits per heavy atom. The zero-order valence-corrected chi connectivity index (χ0v) is 12.7. The molecular formula is C15H28N2O+2. The average Bonchev–Trinajstić information content (AvgIpc) is 2.33. The molecule has 0 spiro atoms. The van der Waals surface area contributed by atoms with Gasteiger partial charge in [0.1, 0.15) is 25.4 Å². The third-order valence-corrected chi connectivity index (χ3v) is 3.61. The smallest absolute Gasteiger partial charge is 0.127 e. The first kappa shape index (κ1) is 15.0. The highest BCUT2D eigenvalue weighted by Crippen LogP contribution is 2.23. The summed E-state index contributed by atoms with van der Waals surface area (Å²) < 4.78 is 5.35. The molecule has 1 atom stereocenters. The molecule has 0 saturated heterocycles. The van der Waals surface area contributed by atoms with Crippen molar-refractivity contribution in [2.75, 3.05) is 41.3 Å². The number of quaternary nitrogens is 2. The van der Waals surface area contributed by atoms with Gasteiger partial charge in [-0.2, -0.15) is 0 Å². The molecule has 0 saturated carbocycles. The molecule has 2 N–H and O–H groups in total. The summed E-state index contributed by atoms with van der Waals surface area (Å²) in [5.41, 5.74) is 4.06. The van der Waals surface area contributed by atoms with Gasteiger partial charge in [0.15, 0.2) is 0 Å². The number of ether oxygens (including phenoxy) is 1. The van der Waals surface area contributed by atoms with E-state index in [-0.39, 0.29) is 0 Å². The van der Waals surface area contributed by atoms with Gasteiger partial charge in [-0.15, -0.1) is 0 Å². The largest absolute Gasteiger partial charge is 0.496 e. The highest BCUT2D eigenvalue weighted by molar-refractivity contribution is 5.43. The molecule has 0 aromatic heterocycles.